The smallest absolute Gasteiger partial charge is 0.161 e. The lowest BCUT2D eigenvalue weighted by atomic mass is 10.1. The Hall–Kier alpha value is -1.67. The molecule has 0 bridgehead atoms. The van der Waals surface area contributed by atoms with Crippen LogP contribution in [0.2, 0.25) is 0 Å². The average Bonchev–Trinajstić information content (AvgIpc) is 3.41. The highest BCUT2D eigenvalue weighted by Gasteiger charge is 2.44. The molecule has 3 rings (SSSR count). The Morgan fingerprint density at radius 3 is 3.00 bits per heavy atom. The molecule has 3 atom stereocenters. The minimum Gasteiger partial charge on any atom is -0.401 e. The lowest BCUT2D eigenvalue weighted by Gasteiger charge is -2.23. The first-order valence-electron chi connectivity index (χ1n) is 8.53. The van der Waals surface area contributed by atoms with Crippen molar-refractivity contribution in [2.24, 2.45) is 5.73 Å². The number of ether oxygens (including phenoxy) is 2. The summed E-state index contributed by atoms with van der Waals surface area (Å²) in [4.78, 5) is 4.45. The van der Waals surface area contributed by atoms with E-state index in [9.17, 15) is 0 Å². The van der Waals surface area contributed by atoms with Gasteiger partial charge in [0.2, 0.25) is 0 Å². The van der Waals surface area contributed by atoms with E-state index in [4.69, 9.17) is 32.2 Å². The first-order chi connectivity index (χ1) is 12.1. The van der Waals surface area contributed by atoms with Gasteiger partial charge in [0.15, 0.2) is 6.23 Å². The predicted molar refractivity (Wildman–Crippen MR) is 97.8 cm³/mol. The van der Waals surface area contributed by atoms with Gasteiger partial charge in [-0.2, -0.15) is 0 Å². The molecule has 2 aliphatic rings. The zero-order valence-corrected chi connectivity index (χ0v) is 15.0. The van der Waals surface area contributed by atoms with Gasteiger partial charge in [0.25, 0.3) is 0 Å². The molecular formula is C17H24ClN5O2. The molecule has 8 heteroatoms. The molecule has 2 unspecified atom stereocenters. The highest BCUT2D eigenvalue weighted by Crippen LogP contribution is 2.30. The molecule has 2 aliphatic heterocycles. The largest absolute Gasteiger partial charge is 0.401 e. The van der Waals surface area contributed by atoms with Crippen molar-refractivity contribution in [2.45, 2.75) is 38.2 Å². The van der Waals surface area contributed by atoms with Gasteiger partial charge in [0.1, 0.15) is 12.2 Å². The third-order valence-electron chi connectivity index (χ3n) is 4.17. The fourth-order valence-corrected chi connectivity index (χ4v) is 2.92. The van der Waals surface area contributed by atoms with Gasteiger partial charge in [-0.1, -0.05) is 24.9 Å². The summed E-state index contributed by atoms with van der Waals surface area (Å²) in [6.45, 7) is 4.36. The summed E-state index contributed by atoms with van der Waals surface area (Å²) in [5, 5.41) is 14.9. The Labute approximate surface area is 152 Å². The highest BCUT2D eigenvalue weighted by molar-refractivity contribution is 6.44. The van der Waals surface area contributed by atoms with Crippen LogP contribution in [0.4, 0.5) is 5.69 Å². The molecule has 0 spiro atoms. The number of morpholine rings is 1. The molecule has 25 heavy (non-hydrogen) atoms. The van der Waals surface area contributed by atoms with E-state index >= 15 is 0 Å². The molecule has 2 fully saturated rings. The molecule has 0 aromatic carbocycles. The van der Waals surface area contributed by atoms with Crippen LogP contribution in [0.1, 0.15) is 31.6 Å². The second kappa shape index (κ2) is 8.14. The summed E-state index contributed by atoms with van der Waals surface area (Å²) >= 11 is 6.16. The van der Waals surface area contributed by atoms with E-state index in [1.54, 1.807) is 6.20 Å². The van der Waals surface area contributed by atoms with Gasteiger partial charge in [0.05, 0.1) is 34.9 Å². The van der Waals surface area contributed by atoms with E-state index in [1.807, 2.05) is 19.1 Å². The van der Waals surface area contributed by atoms with Crippen LogP contribution in [0.5, 0.6) is 0 Å². The molecule has 3 heterocycles. The summed E-state index contributed by atoms with van der Waals surface area (Å²) in [6.07, 6.45) is 2.64. The summed E-state index contributed by atoms with van der Waals surface area (Å²) < 4.78 is 11.2. The maximum Gasteiger partial charge on any atom is 0.161 e. The number of allylic oxidation sites excluding steroid dienone is 1. The number of rotatable bonds is 7. The van der Waals surface area contributed by atoms with Crippen molar-refractivity contribution >= 4 is 23.0 Å². The summed E-state index contributed by atoms with van der Waals surface area (Å²) in [7, 11) is 0. The third-order valence-corrected chi connectivity index (χ3v) is 4.61. The third kappa shape index (κ3) is 4.49. The number of epoxide rings is 1. The van der Waals surface area contributed by atoms with Crippen LogP contribution in [-0.4, -0.2) is 42.7 Å². The molecule has 7 nitrogen and oxygen atoms in total. The van der Waals surface area contributed by atoms with Crippen molar-refractivity contribution in [1.29, 1.82) is 5.41 Å². The fraction of sp³-hybridized carbons (Fsp3) is 0.529. The lowest BCUT2D eigenvalue weighted by molar-refractivity contribution is 0.0250. The van der Waals surface area contributed by atoms with E-state index in [2.05, 4.69) is 15.6 Å². The van der Waals surface area contributed by atoms with Crippen molar-refractivity contribution in [2.75, 3.05) is 25.0 Å². The summed E-state index contributed by atoms with van der Waals surface area (Å²) in [6, 6.07) is 3.88. The maximum absolute atomic E-state index is 8.11. The first-order valence-corrected chi connectivity index (χ1v) is 8.91. The zero-order valence-electron chi connectivity index (χ0n) is 14.2. The van der Waals surface area contributed by atoms with E-state index < -0.39 is 0 Å². The summed E-state index contributed by atoms with van der Waals surface area (Å²) in [5.74, 6) is 0. The number of hydrogen-bond donors (Lipinski definition) is 4. The van der Waals surface area contributed by atoms with Crippen LogP contribution in [0.15, 0.2) is 29.1 Å². The van der Waals surface area contributed by atoms with E-state index in [0.717, 1.165) is 30.9 Å². The Balaban J connectivity index is 1.54. The monoisotopic (exact) mass is 365 g/mol. The van der Waals surface area contributed by atoms with Crippen LogP contribution >= 0.6 is 11.6 Å². The standard InChI is InChI=1S/C17H24ClN5O2/c1-2-3-11(19)14(18)15(20)16-17(25-16)23-10-4-5-12(22-8-10)13-9-21-6-7-24-13/h4-5,8,13,16-17,20-21,23H,2-3,6-7,9,19H2,1H3/t13-,16?,17?/m1/s1. The fourth-order valence-electron chi connectivity index (χ4n) is 2.72. The Morgan fingerprint density at radius 1 is 1.52 bits per heavy atom. The average molecular weight is 366 g/mol. The van der Waals surface area contributed by atoms with E-state index in [0.29, 0.717) is 23.8 Å². The van der Waals surface area contributed by atoms with Gasteiger partial charge in [-0.25, -0.2) is 0 Å². The summed E-state index contributed by atoms with van der Waals surface area (Å²) in [5.41, 5.74) is 8.37. The Kier molecular flexibility index (Phi) is 5.90. The number of anilines is 1. The normalized spacial score (nSPS) is 26.7. The van der Waals surface area contributed by atoms with Gasteiger partial charge in [-0.3, -0.25) is 4.98 Å². The van der Waals surface area contributed by atoms with Crippen LogP contribution in [0, 0.1) is 5.41 Å². The minimum absolute atomic E-state index is 0.00798. The first kappa shape index (κ1) is 18.1. The van der Waals surface area contributed by atoms with Crippen molar-refractivity contribution in [3.05, 3.63) is 34.8 Å². The SMILES string of the molecule is CCCC(N)=C(Cl)C(=N)C1OC1Nc1ccc([C@H]2CNCCO2)nc1. The van der Waals surface area contributed by atoms with Crippen molar-refractivity contribution in [1.82, 2.24) is 10.3 Å². The van der Waals surface area contributed by atoms with Crippen LogP contribution < -0.4 is 16.4 Å². The number of nitrogens with two attached hydrogens (primary N) is 1. The molecule has 0 amide bonds. The molecule has 5 N–H and O–H groups in total. The second-order valence-electron chi connectivity index (χ2n) is 6.16. The van der Waals surface area contributed by atoms with Crippen LogP contribution in [0.3, 0.4) is 0 Å². The van der Waals surface area contributed by atoms with Crippen molar-refractivity contribution in [3.8, 4) is 0 Å². The zero-order chi connectivity index (χ0) is 17.8. The predicted octanol–water partition coefficient (Wildman–Crippen LogP) is 2.11. The van der Waals surface area contributed by atoms with Gasteiger partial charge < -0.3 is 31.3 Å². The van der Waals surface area contributed by atoms with Gasteiger partial charge in [0, 0.05) is 18.8 Å². The van der Waals surface area contributed by atoms with E-state index in [1.165, 1.54) is 0 Å². The van der Waals surface area contributed by atoms with Crippen molar-refractivity contribution < 1.29 is 9.47 Å². The number of aromatic nitrogens is 1. The number of hydrogen-bond acceptors (Lipinski definition) is 7. The molecule has 0 aliphatic carbocycles. The molecule has 1 aromatic rings. The highest BCUT2D eigenvalue weighted by atomic mass is 35.5. The lowest BCUT2D eigenvalue weighted by Crippen LogP contribution is -2.33. The maximum atomic E-state index is 8.11. The Bertz CT molecular complexity index is 643. The molecule has 0 saturated carbocycles. The molecule has 136 valence electrons. The molecule has 1 aromatic heterocycles. The van der Waals surface area contributed by atoms with Crippen LogP contribution in [0.25, 0.3) is 0 Å². The molecule has 2 saturated heterocycles. The second-order valence-corrected chi connectivity index (χ2v) is 6.54. The topological polar surface area (TPSA) is 109 Å². The van der Waals surface area contributed by atoms with Gasteiger partial charge >= 0.3 is 0 Å². The van der Waals surface area contributed by atoms with Crippen LogP contribution in [-0.2, 0) is 9.47 Å². The molecular weight excluding hydrogens is 342 g/mol. The van der Waals surface area contributed by atoms with Gasteiger partial charge in [-0.05, 0) is 18.6 Å². The number of pyridine rings is 1. The number of nitrogens with zero attached hydrogens (tertiary/aromatic N) is 1. The number of halogens is 1. The van der Waals surface area contributed by atoms with Gasteiger partial charge in [-0.15, -0.1) is 0 Å². The molecule has 0 radical (unpaired) electrons. The Morgan fingerprint density at radius 2 is 2.36 bits per heavy atom. The number of nitrogens with one attached hydrogen (secondary N) is 3. The minimum atomic E-state index is -0.381. The van der Waals surface area contributed by atoms with Crippen molar-refractivity contribution in [3.63, 3.8) is 0 Å². The van der Waals surface area contributed by atoms with E-state index in [-0.39, 0.29) is 24.1 Å². The quantitative estimate of drug-likeness (QED) is 0.435.